The SMILES string of the molecule is C=C(C)C(=O)C(C(=O)O)C(C)(C)C. The van der Waals surface area contributed by atoms with E-state index in [-0.39, 0.29) is 5.78 Å². The van der Waals surface area contributed by atoms with Crippen molar-refractivity contribution in [3.8, 4) is 0 Å². The molecule has 74 valence electrons. The molecule has 0 amide bonds. The summed E-state index contributed by atoms with van der Waals surface area (Å²) in [5.41, 5.74) is -0.274. The topological polar surface area (TPSA) is 54.4 Å². The largest absolute Gasteiger partial charge is 0.481 e. The number of aliphatic carboxylic acids is 1. The summed E-state index contributed by atoms with van der Waals surface area (Å²) in [5, 5.41) is 8.87. The average Bonchev–Trinajstić information content (AvgIpc) is 1.82. The maximum Gasteiger partial charge on any atom is 0.314 e. The van der Waals surface area contributed by atoms with Crippen LogP contribution in [0.25, 0.3) is 0 Å². The summed E-state index contributed by atoms with van der Waals surface area (Å²) >= 11 is 0. The summed E-state index contributed by atoms with van der Waals surface area (Å²) in [6.45, 7) is 10.2. The molecule has 0 fully saturated rings. The first-order valence-corrected chi connectivity index (χ1v) is 4.10. The van der Waals surface area contributed by atoms with Crippen molar-refractivity contribution >= 4 is 11.8 Å². The molecule has 0 aromatic heterocycles. The Morgan fingerprint density at radius 3 is 1.77 bits per heavy atom. The van der Waals surface area contributed by atoms with Crippen LogP contribution >= 0.6 is 0 Å². The second-order valence-corrected chi connectivity index (χ2v) is 4.28. The van der Waals surface area contributed by atoms with Gasteiger partial charge in [0.15, 0.2) is 5.78 Å². The molecule has 0 aliphatic heterocycles. The monoisotopic (exact) mass is 184 g/mol. The van der Waals surface area contributed by atoms with Gasteiger partial charge in [0.2, 0.25) is 0 Å². The Morgan fingerprint density at radius 2 is 1.69 bits per heavy atom. The highest BCUT2D eigenvalue weighted by molar-refractivity contribution is 6.07. The van der Waals surface area contributed by atoms with Gasteiger partial charge in [-0.25, -0.2) is 0 Å². The molecular formula is C10H16O3. The van der Waals surface area contributed by atoms with Crippen molar-refractivity contribution in [2.45, 2.75) is 27.7 Å². The van der Waals surface area contributed by atoms with Gasteiger partial charge < -0.3 is 5.11 Å². The number of rotatable bonds is 3. The number of carboxylic acid groups (broad SMARTS) is 1. The van der Waals surface area contributed by atoms with Gasteiger partial charge in [-0.1, -0.05) is 27.4 Å². The number of carbonyl (C=O) groups excluding carboxylic acids is 1. The Kier molecular flexibility index (Phi) is 3.41. The lowest BCUT2D eigenvalue weighted by Gasteiger charge is -2.25. The van der Waals surface area contributed by atoms with Crippen molar-refractivity contribution in [1.82, 2.24) is 0 Å². The van der Waals surface area contributed by atoms with Crippen LogP contribution in [0.5, 0.6) is 0 Å². The standard InChI is InChI=1S/C10H16O3/c1-6(2)8(11)7(9(12)13)10(3,4)5/h7H,1H2,2-5H3,(H,12,13). The van der Waals surface area contributed by atoms with E-state index in [1.165, 1.54) is 6.92 Å². The van der Waals surface area contributed by atoms with Crippen LogP contribution in [0.2, 0.25) is 0 Å². The molecule has 0 heterocycles. The lowest BCUT2D eigenvalue weighted by molar-refractivity contribution is -0.149. The second kappa shape index (κ2) is 3.73. The third kappa shape index (κ3) is 3.01. The zero-order chi connectivity index (χ0) is 10.8. The van der Waals surface area contributed by atoms with Crippen LogP contribution in [0.15, 0.2) is 12.2 Å². The molecular weight excluding hydrogens is 168 g/mol. The fourth-order valence-electron chi connectivity index (χ4n) is 1.12. The van der Waals surface area contributed by atoms with E-state index in [4.69, 9.17) is 5.11 Å². The quantitative estimate of drug-likeness (QED) is 0.538. The molecule has 13 heavy (non-hydrogen) atoms. The molecule has 0 saturated heterocycles. The first kappa shape index (κ1) is 11.9. The van der Waals surface area contributed by atoms with Crippen molar-refractivity contribution in [2.24, 2.45) is 11.3 Å². The van der Waals surface area contributed by atoms with E-state index in [1.54, 1.807) is 20.8 Å². The Balaban J connectivity index is 4.95. The third-order valence-corrected chi connectivity index (χ3v) is 1.80. The molecule has 0 aliphatic carbocycles. The highest BCUT2D eigenvalue weighted by Gasteiger charge is 2.37. The van der Waals surface area contributed by atoms with Crippen molar-refractivity contribution in [3.05, 3.63) is 12.2 Å². The van der Waals surface area contributed by atoms with Gasteiger partial charge in [-0.05, 0) is 17.9 Å². The molecule has 1 unspecified atom stereocenters. The summed E-state index contributed by atoms with van der Waals surface area (Å²) in [4.78, 5) is 22.3. The van der Waals surface area contributed by atoms with Gasteiger partial charge in [0, 0.05) is 0 Å². The Labute approximate surface area is 78.5 Å². The summed E-state index contributed by atoms with van der Waals surface area (Å²) < 4.78 is 0. The van der Waals surface area contributed by atoms with E-state index in [0.29, 0.717) is 5.57 Å². The molecule has 0 radical (unpaired) electrons. The first-order valence-electron chi connectivity index (χ1n) is 4.10. The number of carboxylic acids is 1. The summed E-state index contributed by atoms with van der Waals surface area (Å²) in [7, 11) is 0. The normalized spacial score (nSPS) is 13.5. The van der Waals surface area contributed by atoms with Crippen LogP contribution in [0.4, 0.5) is 0 Å². The van der Waals surface area contributed by atoms with Crippen LogP contribution < -0.4 is 0 Å². The zero-order valence-electron chi connectivity index (χ0n) is 8.55. The average molecular weight is 184 g/mol. The minimum atomic E-state index is -1.08. The van der Waals surface area contributed by atoms with E-state index >= 15 is 0 Å². The minimum absolute atomic E-state index is 0.294. The molecule has 1 atom stereocenters. The predicted octanol–water partition coefficient (Wildman–Crippen LogP) is 1.88. The Morgan fingerprint density at radius 1 is 1.31 bits per heavy atom. The van der Waals surface area contributed by atoms with E-state index in [2.05, 4.69) is 6.58 Å². The lowest BCUT2D eigenvalue weighted by atomic mass is 9.77. The highest BCUT2D eigenvalue weighted by Crippen LogP contribution is 2.28. The number of ketones is 1. The van der Waals surface area contributed by atoms with E-state index in [0.717, 1.165) is 0 Å². The molecule has 0 aromatic carbocycles. The number of Topliss-reactive ketones (excluding diaryl/α,β-unsaturated/α-hetero) is 1. The molecule has 0 saturated carbocycles. The maximum absolute atomic E-state index is 11.5. The van der Waals surface area contributed by atoms with E-state index < -0.39 is 17.3 Å². The van der Waals surface area contributed by atoms with Crippen molar-refractivity contribution in [2.75, 3.05) is 0 Å². The second-order valence-electron chi connectivity index (χ2n) is 4.28. The van der Waals surface area contributed by atoms with Crippen LogP contribution in [-0.2, 0) is 9.59 Å². The summed E-state index contributed by atoms with van der Waals surface area (Å²) in [6, 6.07) is 0. The molecule has 0 aromatic rings. The molecule has 0 spiro atoms. The molecule has 0 bridgehead atoms. The highest BCUT2D eigenvalue weighted by atomic mass is 16.4. The third-order valence-electron chi connectivity index (χ3n) is 1.80. The Bertz CT molecular complexity index is 245. The molecule has 1 N–H and O–H groups in total. The summed E-state index contributed by atoms with van der Waals surface area (Å²) in [6.07, 6.45) is 0. The lowest BCUT2D eigenvalue weighted by Crippen LogP contribution is -2.35. The van der Waals surface area contributed by atoms with Gasteiger partial charge in [0.05, 0.1) is 0 Å². The van der Waals surface area contributed by atoms with Crippen LogP contribution in [0.1, 0.15) is 27.7 Å². The van der Waals surface area contributed by atoms with Gasteiger partial charge in [-0.3, -0.25) is 9.59 Å². The van der Waals surface area contributed by atoms with Gasteiger partial charge in [0.25, 0.3) is 0 Å². The van der Waals surface area contributed by atoms with Gasteiger partial charge in [-0.2, -0.15) is 0 Å². The number of carbonyl (C=O) groups is 2. The summed E-state index contributed by atoms with van der Waals surface area (Å²) in [5.74, 6) is -2.47. The van der Waals surface area contributed by atoms with Crippen molar-refractivity contribution < 1.29 is 14.7 Å². The van der Waals surface area contributed by atoms with Gasteiger partial charge in [-0.15, -0.1) is 0 Å². The van der Waals surface area contributed by atoms with Crippen molar-refractivity contribution in [1.29, 1.82) is 0 Å². The van der Waals surface area contributed by atoms with E-state index in [9.17, 15) is 9.59 Å². The zero-order valence-corrected chi connectivity index (χ0v) is 8.55. The fraction of sp³-hybridized carbons (Fsp3) is 0.600. The molecule has 0 rings (SSSR count). The molecule has 0 aliphatic rings. The number of hydrogen-bond donors (Lipinski definition) is 1. The van der Waals surface area contributed by atoms with Crippen molar-refractivity contribution in [3.63, 3.8) is 0 Å². The Hall–Kier alpha value is -1.12. The van der Waals surface area contributed by atoms with Crippen LogP contribution in [-0.4, -0.2) is 16.9 Å². The first-order chi connectivity index (χ1) is 5.68. The minimum Gasteiger partial charge on any atom is -0.481 e. The van der Waals surface area contributed by atoms with Gasteiger partial charge in [0.1, 0.15) is 5.92 Å². The van der Waals surface area contributed by atoms with E-state index in [1.807, 2.05) is 0 Å². The fourth-order valence-corrected chi connectivity index (χ4v) is 1.12. The number of hydrogen-bond acceptors (Lipinski definition) is 2. The maximum atomic E-state index is 11.5. The number of allylic oxidation sites excluding steroid dienone is 1. The molecule has 3 nitrogen and oxygen atoms in total. The predicted molar refractivity (Wildman–Crippen MR) is 50.4 cm³/mol. The van der Waals surface area contributed by atoms with Crippen LogP contribution in [0, 0.1) is 11.3 Å². The van der Waals surface area contributed by atoms with Gasteiger partial charge >= 0.3 is 5.97 Å². The van der Waals surface area contributed by atoms with Crippen LogP contribution in [0.3, 0.4) is 0 Å². The molecule has 3 heteroatoms. The smallest absolute Gasteiger partial charge is 0.314 e.